The summed E-state index contributed by atoms with van der Waals surface area (Å²) in [4.78, 5) is 32.8. The van der Waals surface area contributed by atoms with E-state index in [0.717, 1.165) is 18.4 Å². The van der Waals surface area contributed by atoms with Gasteiger partial charge in [-0.15, -0.1) is 0 Å². The van der Waals surface area contributed by atoms with Crippen LogP contribution in [0.3, 0.4) is 0 Å². The van der Waals surface area contributed by atoms with Crippen molar-refractivity contribution in [2.75, 3.05) is 6.61 Å². The van der Waals surface area contributed by atoms with Crippen molar-refractivity contribution < 1.29 is 23.8 Å². The Morgan fingerprint density at radius 2 is 1.85 bits per heavy atom. The molecule has 0 spiro atoms. The predicted octanol–water partition coefficient (Wildman–Crippen LogP) is 6.13. The Labute approximate surface area is 227 Å². The molecular formula is C31H33N3O5. The van der Waals surface area contributed by atoms with Gasteiger partial charge in [-0.05, 0) is 61.7 Å². The molecule has 1 aromatic carbocycles. The maximum Gasteiger partial charge on any atom is 0.296 e. The number of likely N-dealkylation sites (tertiary alicyclic amines) is 1. The van der Waals surface area contributed by atoms with E-state index >= 15 is 0 Å². The smallest absolute Gasteiger partial charge is 0.296 e. The number of imidazole rings is 1. The number of pyridine rings is 1. The number of Topliss-reactive ketones (excluding diaryl/α,β-unsaturated/α-hetero) is 1. The summed E-state index contributed by atoms with van der Waals surface area (Å²) >= 11 is 0. The van der Waals surface area contributed by atoms with Crippen molar-refractivity contribution in [3.05, 3.63) is 94.8 Å². The van der Waals surface area contributed by atoms with Gasteiger partial charge in [0.15, 0.2) is 5.76 Å². The number of benzene rings is 1. The molecule has 1 N–H and O–H groups in total. The quantitative estimate of drug-likeness (QED) is 0.115. The predicted molar refractivity (Wildman–Crippen MR) is 147 cm³/mol. The summed E-state index contributed by atoms with van der Waals surface area (Å²) in [6.45, 7) is 6.64. The van der Waals surface area contributed by atoms with E-state index in [0.29, 0.717) is 35.0 Å². The van der Waals surface area contributed by atoms with E-state index in [1.54, 1.807) is 12.1 Å². The lowest BCUT2D eigenvalue weighted by molar-refractivity contribution is -0.140. The van der Waals surface area contributed by atoms with Crippen molar-refractivity contribution in [2.24, 2.45) is 0 Å². The highest BCUT2D eigenvalue weighted by Gasteiger charge is 2.47. The third kappa shape index (κ3) is 5.06. The standard InChI is InChI=1S/C31H33N3O5/c1-4-5-6-7-17-38-23-14-12-22(13-15-23)27-25(29(36)31(37)34(27)19-24-11-9-18-39-24)28(35)26-21(3)33-16-8-10-20(2)30(33)32-26/h8-16,18,27,35H,4-7,17,19H2,1-3H3. The molecule has 1 aliphatic rings. The van der Waals surface area contributed by atoms with Gasteiger partial charge in [-0.3, -0.25) is 9.59 Å². The van der Waals surface area contributed by atoms with Gasteiger partial charge in [-0.1, -0.05) is 44.4 Å². The van der Waals surface area contributed by atoms with E-state index in [4.69, 9.17) is 9.15 Å². The molecule has 39 heavy (non-hydrogen) atoms. The highest BCUT2D eigenvalue weighted by molar-refractivity contribution is 6.46. The molecule has 5 rings (SSSR count). The number of carbonyl (C=O) groups excluding carboxylic acids is 2. The lowest BCUT2D eigenvalue weighted by Gasteiger charge is -2.24. The third-order valence-electron chi connectivity index (χ3n) is 7.22. The molecule has 3 aromatic heterocycles. The van der Waals surface area contributed by atoms with E-state index < -0.39 is 17.7 Å². The molecule has 8 nitrogen and oxygen atoms in total. The van der Waals surface area contributed by atoms with Gasteiger partial charge in [-0.2, -0.15) is 0 Å². The van der Waals surface area contributed by atoms with Gasteiger partial charge in [0.1, 0.15) is 22.9 Å². The number of aryl methyl sites for hydroxylation is 2. The lowest BCUT2D eigenvalue weighted by atomic mass is 9.96. The second kappa shape index (κ2) is 11.2. The summed E-state index contributed by atoms with van der Waals surface area (Å²) in [6, 6.07) is 13.8. The van der Waals surface area contributed by atoms with Gasteiger partial charge >= 0.3 is 0 Å². The number of aliphatic hydroxyl groups excluding tert-OH is 1. The Hall–Kier alpha value is -4.33. The molecule has 0 radical (unpaired) electrons. The highest BCUT2D eigenvalue weighted by atomic mass is 16.5. The van der Waals surface area contributed by atoms with Crippen LogP contribution in [0, 0.1) is 13.8 Å². The van der Waals surface area contributed by atoms with Crippen LogP contribution in [0.2, 0.25) is 0 Å². The van der Waals surface area contributed by atoms with Gasteiger partial charge in [0.05, 0.1) is 36.7 Å². The number of ether oxygens (including phenoxy) is 1. The van der Waals surface area contributed by atoms with E-state index in [2.05, 4.69) is 11.9 Å². The minimum atomic E-state index is -0.820. The van der Waals surface area contributed by atoms with E-state index in [-0.39, 0.29) is 23.6 Å². The third-order valence-corrected chi connectivity index (χ3v) is 7.22. The van der Waals surface area contributed by atoms with Crippen LogP contribution < -0.4 is 4.74 Å². The van der Waals surface area contributed by atoms with Crippen LogP contribution >= 0.6 is 0 Å². The molecule has 0 aliphatic carbocycles. The van der Waals surface area contributed by atoms with Gasteiger partial charge in [0, 0.05) is 6.20 Å². The first-order valence-corrected chi connectivity index (χ1v) is 13.4. The number of hydrogen-bond acceptors (Lipinski definition) is 6. The average Bonchev–Trinajstić information content (AvgIpc) is 3.64. The molecule has 4 aromatic rings. The van der Waals surface area contributed by atoms with Crippen LogP contribution in [0.25, 0.3) is 11.4 Å². The van der Waals surface area contributed by atoms with Crippen molar-refractivity contribution in [3.8, 4) is 5.75 Å². The van der Waals surface area contributed by atoms with Crippen LogP contribution in [-0.4, -0.2) is 37.7 Å². The van der Waals surface area contributed by atoms with E-state index in [1.807, 2.05) is 60.8 Å². The zero-order chi connectivity index (χ0) is 27.5. The van der Waals surface area contributed by atoms with Gasteiger partial charge in [0.2, 0.25) is 0 Å². The number of aromatic nitrogens is 2. The Morgan fingerprint density at radius 1 is 1.05 bits per heavy atom. The molecule has 0 saturated carbocycles. The Morgan fingerprint density at radius 3 is 2.54 bits per heavy atom. The Bertz CT molecular complexity index is 1520. The summed E-state index contributed by atoms with van der Waals surface area (Å²) in [7, 11) is 0. The maximum atomic E-state index is 13.4. The molecule has 4 heterocycles. The fraction of sp³-hybridized carbons (Fsp3) is 0.323. The zero-order valence-corrected chi connectivity index (χ0v) is 22.5. The van der Waals surface area contributed by atoms with Crippen LogP contribution in [-0.2, 0) is 16.1 Å². The minimum Gasteiger partial charge on any atom is -0.505 e. The summed E-state index contributed by atoms with van der Waals surface area (Å²) in [5.74, 6) is -0.504. The monoisotopic (exact) mass is 527 g/mol. The summed E-state index contributed by atoms with van der Waals surface area (Å²) in [5, 5.41) is 11.6. The largest absolute Gasteiger partial charge is 0.505 e. The van der Waals surface area contributed by atoms with Gasteiger partial charge in [-0.25, -0.2) is 4.98 Å². The first-order chi connectivity index (χ1) is 18.9. The van der Waals surface area contributed by atoms with Crippen LogP contribution in [0.4, 0.5) is 0 Å². The number of amides is 1. The molecule has 1 aliphatic heterocycles. The first-order valence-electron chi connectivity index (χ1n) is 13.4. The number of hydrogen-bond donors (Lipinski definition) is 1. The molecule has 1 atom stereocenters. The van der Waals surface area contributed by atoms with E-state index in [1.165, 1.54) is 24.0 Å². The summed E-state index contributed by atoms with van der Waals surface area (Å²) in [5.41, 5.74) is 3.24. The van der Waals surface area contributed by atoms with Crippen molar-refractivity contribution in [3.63, 3.8) is 0 Å². The number of aliphatic hydroxyl groups is 1. The van der Waals surface area contributed by atoms with E-state index in [9.17, 15) is 14.7 Å². The topological polar surface area (TPSA) is 97.3 Å². The second-order valence-corrected chi connectivity index (χ2v) is 9.92. The maximum absolute atomic E-state index is 13.4. The van der Waals surface area contributed by atoms with Crippen LogP contribution in [0.1, 0.15) is 66.9 Å². The van der Waals surface area contributed by atoms with Crippen molar-refractivity contribution in [1.82, 2.24) is 14.3 Å². The SMILES string of the molecule is CCCCCCOc1ccc(C2C(=C(O)c3nc4c(C)cccn4c3C)C(=O)C(=O)N2Cc2ccco2)cc1. The van der Waals surface area contributed by atoms with Gasteiger partial charge in [0.25, 0.3) is 11.7 Å². The molecule has 1 saturated heterocycles. The Balaban J connectivity index is 1.54. The Kier molecular flexibility index (Phi) is 7.54. The van der Waals surface area contributed by atoms with Crippen LogP contribution in [0.15, 0.2) is 71.0 Å². The molecule has 0 bridgehead atoms. The normalized spacial score (nSPS) is 16.9. The summed E-state index contributed by atoms with van der Waals surface area (Å²) in [6.07, 6.45) is 7.83. The van der Waals surface area contributed by atoms with Crippen LogP contribution in [0.5, 0.6) is 5.75 Å². The number of furan rings is 1. The molecule has 1 fully saturated rings. The number of carbonyl (C=O) groups is 2. The number of nitrogens with zero attached hydrogens (tertiary/aromatic N) is 3. The van der Waals surface area contributed by atoms with Crippen molar-refractivity contribution in [2.45, 2.75) is 59.0 Å². The lowest BCUT2D eigenvalue weighted by Crippen LogP contribution is -2.29. The molecule has 1 unspecified atom stereocenters. The molecule has 8 heteroatoms. The van der Waals surface area contributed by atoms with Crippen molar-refractivity contribution >= 4 is 23.1 Å². The number of ketones is 1. The molecule has 202 valence electrons. The fourth-order valence-electron chi connectivity index (χ4n) is 5.10. The molecular weight excluding hydrogens is 494 g/mol. The minimum absolute atomic E-state index is 0.00366. The number of unbranched alkanes of at least 4 members (excludes halogenated alkanes) is 3. The second-order valence-electron chi connectivity index (χ2n) is 9.92. The highest BCUT2D eigenvalue weighted by Crippen LogP contribution is 2.41. The average molecular weight is 528 g/mol. The summed E-state index contributed by atoms with van der Waals surface area (Å²) < 4.78 is 13.2. The van der Waals surface area contributed by atoms with Crippen molar-refractivity contribution in [1.29, 1.82) is 0 Å². The molecule has 1 amide bonds. The zero-order valence-electron chi connectivity index (χ0n) is 22.5. The number of rotatable bonds is 10. The fourth-order valence-corrected chi connectivity index (χ4v) is 5.10. The van der Waals surface area contributed by atoms with Gasteiger partial charge < -0.3 is 23.6 Å². The first kappa shape index (κ1) is 26.3. The number of fused-ring (bicyclic) bond motifs is 1.